The van der Waals surface area contributed by atoms with Gasteiger partial charge in [-0.2, -0.15) is 0 Å². The molecule has 4 nitrogen and oxygen atoms in total. The van der Waals surface area contributed by atoms with Crippen LogP contribution in [0.15, 0.2) is 29.1 Å². The van der Waals surface area contributed by atoms with Crippen LogP contribution in [0.1, 0.15) is 30.0 Å². The number of nitrogens with zero attached hydrogens (tertiary/aromatic N) is 1. The predicted molar refractivity (Wildman–Crippen MR) is 71.5 cm³/mol. The molecule has 1 N–H and O–H groups in total. The van der Waals surface area contributed by atoms with Gasteiger partial charge in [0.15, 0.2) is 0 Å². The molecule has 19 heavy (non-hydrogen) atoms. The second-order valence-corrected chi connectivity index (χ2v) is 5.21. The Bertz CT molecular complexity index is 702. The summed E-state index contributed by atoms with van der Waals surface area (Å²) in [5.74, 6) is 2.10. The van der Waals surface area contributed by atoms with Crippen LogP contribution in [0, 0.1) is 0 Å². The largest absolute Gasteiger partial charge is 0.493 e. The Hall–Kier alpha value is -2.10. The Morgan fingerprint density at radius 3 is 3.00 bits per heavy atom. The van der Waals surface area contributed by atoms with Crippen molar-refractivity contribution in [2.45, 2.75) is 25.2 Å². The van der Waals surface area contributed by atoms with E-state index in [1.165, 1.54) is 5.56 Å². The fraction of sp³-hybridized carbons (Fsp3) is 0.333. The summed E-state index contributed by atoms with van der Waals surface area (Å²) in [5.41, 5.74) is 3.01. The van der Waals surface area contributed by atoms with Crippen molar-refractivity contribution in [3.8, 4) is 17.1 Å². The number of hydrogen-bond donors (Lipinski definition) is 1. The van der Waals surface area contributed by atoms with Gasteiger partial charge in [-0.25, -0.2) is 4.98 Å². The van der Waals surface area contributed by atoms with Gasteiger partial charge >= 0.3 is 0 Å². The highest BCUT2D eigenvalue weighted by atomic mass is 16.5. The molecule has 1 aromatic carbocycles. The van der Waals surface area contributed by atoms with E-state index < -0.39 is 0 Å². The van der Waals surface area contributed by atoms with Crippen molar-refractivity contribution in [3.05, 3.63) is 45.9 Å². The zero-order chi connectivity index (χ0) is 12.8. The molecule has 2 aromatic rings. The summed E-state index contributed by atoms with van der Waals surface area (Å²) in [4.78, 5) is 19.2. The molecule has 0 radical (unpaired) electrons. The Morgan fingerprint density at radius 1 is 1.26 bits per heavy atom. The van der Waals surface area contributed by atoms with Gasteiger partial charge in [-0.15, -0.1) is 0 Å². The Kier molecular flexibility index (Phi) is 2.24. The molecular weight excluding hydrogens is 240 g/mol. The first-order valence-corrected chi connectivity index (χ1v) is 6.67. The topological polar surface area (TPSA) is 55.0 Å². The second-order valence-electron chi connectivity index (χ2n) is 5.21. The number of aromatic nitrogens is 2. The van der Waals surface area contributed by atoms with Crippen LogP contribution < -0.4 is 10.3 Å². The van der Waals surface area contributed by atoms with E-state index in [0.717, 1.165) is 42.9 Å². The first kappa shape index (κ1) is 10.8. The van der Waals surface area contributed by atoms with Crippen LogP contribution in [-0.4, -0.2) is 16.6 Å². The molecule has 96 valence electrons. The molecule has 0 spiro atoms. The molecule has 4 rings (SSSR count). The van der Waals surface area contributed by atoms with E-state index in [-0.39, 0.29) is 5.56 Å². The van der Waals surface area contributed by atoms with Crippen molar-refractivity contribution in [2.24, 2.45) is 0 Å². The third-order valence-corrected chi connectivity index (χ3v) is 3.72. The number of H-pyrrole nitrogens is 1. The zero-order valence-electron chi connectivity index (χ0n) is 10.5. The minimum absolute atomic E-state index is 0.0661. The highest BCUT2D eigenvalue weighted by molar-refractivity contribution is 5.59. The molecule has 0 amide bonds. The first-order chi connectivity index (χ1) is 9.29. The summed E-state index contributed by atoms with van der Waals surface area (Å²) in [5, 5.41) is 0. The van der Waals surface area contributed by atoms with Gasteiger partial charge in [-0.3, -0.25) is 4.79 Å². The van der Waals surface area contributed by atoms with Gasteiger partial charge in [0.25, 0.3) is 5.56 Å². The maximum absolute atomic E-state index is 11.7. The van der Waals surface area contributed by atoms with Crippen molar-refractivity contribution in [1.82, 2.24) is 9.97 Å². The average molecular weight is 254 g/mol. The van der Waals surface area contributed by atoms with Gasteiger partial charge in [0, 0.05) is 24.0 Å². The Balaban J connectivity index is 1.81. The zero-order valence-corrected chi connectivity index (χ0v) is 10.5. The van der Waals surface area contributed by atoms with Crippen molar-refractivity contribution >= 4 is 0 Å². The van der Waals surface area contributed by atoms with E-state index in [0.29, 0.717) is 11.7 Å². The summed E-state index contributed by atoms with van der Waals surface area (Å²) in [6.07, 6.45) is 3.22. The van der Waals surface area contributed by atoms with E-state index >= 15 is 0 Å². The van der Waals surface area contributed by atoms with Crippen LogP contribution in [0.25, 0.3) is 11.4 Å². The fourth-order valence-electron chi connectivity index (χ4n) is 2.54. The maximum Gasteiger partial charge on any atom is 0.251 e. The second kappa shape index (κ2) is 3.95. The van der Waals surface area contributed by atoms with Crippen LogP contribution >= 0.6 is 0 Å². The minimum atomic E-state index is -0.0661. The maximum atomic E-state index is 11.7. The van der Waals surface area contributed by atoms with E-state index in [4.69, 9.17) is 4.74 Å². The standard InChI is InChI=1S/C15H14N2O2/c18-14-8-12(9-1-2-9)16-15(17-14)11-3-4-13-10(7-11)5-6-19-13/h3-4,7-9H,1-2,5-6H2,(H,16,17,18). The minimum Gasteiger partial charge on any atom is -0.493 e. The third kappa shape index (κ3) is 1.93. The highest BCUT2D eigenvalue weighted by Gasteiger charge is 2.26. The highest BCUT2D eigenvalue weighted by Crippen LogP contribution is 2.39. The number of nitrogens with one attached hydrogen (secondary N) is 1. The third-order valence-electron chi connectivity index (χ3n) is 3.72. The summed E-state index contributed by atoms with van der Waals surface area (Å²) in [6, 6.07) is 7.61. The van der Waals surface area contributed by atoms with Crippen molar-refractivity contribution < 1.29 is 4.74 Å². The summed E-state index contributed by atoms with van der Waals surface area (Å²) >= 11 is 0. The SMILES string of the molecule is O=c1cc(C2CC2)nc(-c2ccc3c(c2)CCO3)[nH]1. The van der Waals surface area contributed by atoms with Gasteiger partial charge in [-0.1, -0.05) is 0 Å². The van der Waals surface area contributed by atoms with Crippen molar-refractivity contribution in [1.29, 1.82) is 0 Å². The lowest BCUT2D eigenvalue weighted by molar-refractivity contribution is 0.357. The molecule has 0 saturated heterocycles. The molecule has 4 heteroatoms. The van der Waals surface area contributed by atoms with E-state index in [1.54, 1.807) is 6.07 Å². The lowest BCUT2D eigenvalue weighted by Gasteiger charge is -2.05. The monoisotopic (exact) mass is 254 g/mol. The number of benzene rings is 1. The summed E-state index contributed by atoms with van der Waals surface area (Å²) < 4.78 is 5.49. The van der Waals surface area contributed by atoms with Gasteiger partial charge in [0.1, 0.15) is 11.6 Å². The summed E-state index contributed by atoms with van der Waals surface area (Å²) in [7, 11) is 0. The first-order valence-electron chi connectivity index (χ1n) is 6.67. The number of aromatic amines is 1. The van der Waals surface area contributed by atoms with Crippen LogP contribution in [0.4, 0.5) is 0 Å². The number of fused-ring (bicyclic) bond motifs is 1. The van der Waals surface area contributed by atoms with E-state index in [1.807, 2.05) is 12.1 Å². The Labute approximate surface area is 110 Å². The molecular formula is C15H14N2O2. The molecule has 0 unspecified atom stereocenters. The van der Waals surface area contributed by atoms with Gasteiger partial charge in [0.2, 0.25) is 0 Å². The normalized spacial score (nSPS) is 17.1. The number of ether oxygens (including phenoxy) is 1. The number of rotatable bonds is 2. The van der Waals surface area contributed by atoms with Crippen molar-refractivity contribution in [3.63, 3.8) is 0 Å². The molecule has 0 atom stereocenters. The average Bonchev–Trinajstić information content (AvgIpc) is 3.16. The fourth-order valence-corrected chi connectivity index (χ4v) is 2.54. The Morgan fingerprint density at radius 2 is 2.16 bits per heavy atom. The molecule has 1 aromatic heterocycles. The number of hydrogen-bond acceptors (Lipinski definition) is 3. The lowest BCUT2D eigenvalue weighted by atomic mass is 10.1. The molecule has 0 bridgehead atoms. The predicted octanol–water partition coefficient (Wildman–Crippen LogP) is 2.25. The van der Waals surface area contributed by atoms with Crippen LogP contribution in [-0.2, 0) is 6.42 Å². The van der Waals surface area contributed by atoms with Gasteiger partial charge in [-0.05, 0) is 36.6 Å². The van der Waals surface area contributed by atoms with Crippen LogP contribution in [0.5, 0.6) is 5.75 Å². The molecule has 2 aliphatic rings. The molecule has 1 aliphatic carbocycles. The van der Waals surface area contributed by atoms with Gasteiger partial charge in [0.05, 0.1) is 12.3 Å². The van der Waals surface area contributed by atoms with E-state index in [2.05, 4.69) is 16.0 Å². The van der Waals surface area contributed by atoms with Crippen molar-refractivity contribution in [2.75, 3.05) is 6.61 Å². The lowest BCUT2D eigenvalue weighted by Crippen LogP contribution is -2.09. The smallest absolute Gasteiger partial charge is 0.251 e. The van der Waals surface area contributed by atoms with E-state index in [9.17, 15) is 4.79 Å². The van der Waals surface area contributed by atoms with Crippen LogP contribution in [0.3, 0.4) is 0 Å². The van der Waals surface area contributed by atoms with Crippen LogP contribution in [0.2, 0.25) is 0 Å². The molecule has 1 saturated carbocycles. The molecule has 2 heterocycles. The van der Waals surface area contributed by atoms with Gasteiger partial charge < -0.3 is 9.72 Å². The summed E-state index contributed by atoms with van der Waals surface area (Å²) in [6.45, 7) is 0.741. The molecule has 1 fully saturated rings. The molecule has 1 aliphatic heterocycles. The quantitative estimate of drug-likeness (QED) is 0.894.